The molecule has 1 amide bonds. The van der Waals surface area contributed by atoms with E-state index in [0.717, 1.165) is 24.2 Å². The Morgan fingerprint density at radius 2 is 1.94 bits per heavy atom. The van der Waals surface area contributed by atoms with Crippen molar-refractivity contribution in [1.82, 2.24) is 15.5 Å². The van der Waals surface area contributed by atoms with Gasteiger partial charge in [-0.1, -0.05) is 13.8 Å². The number of hydrogen-bond acceptors (Lipinski definition) is 2. The van der Waals surface area contributed by atoms with E-state index in [1.165, 1.54) is 12.8 Å². The zero-order chi connectivity index (χ0) is 13.3. The lowest BCUT2D eigenvalue weighted by atomic mass is 9.75. The average molecular weight is 249 g/mol. The van der Waals surface area contributed by atoms with Crippen LogP contribution in [0.3, 0.4) is 0 Å². The molecule has 1 heterocycles. The van der Waals surface area contributed by atoms with Gasteiger partial charge in [0, 0.05) is 11.7 Å². The Balaban J connectivity index is 1.97. The third-order valence-corrected chi connectivity index (χ3v) is 4.03. The van der Waals surface area contributed by atoms with Gasteiger partial charge in [-0.3, -0.25) is 9.89 Å². The first kappa shape index (κ1) is 13.1. The Morgan fingerprint density at radius 3 is 2.44 bits per heavy atom. The number of nitrogens with one attached hydrogen (secondary N) is 2. The zero-order valence-corrected chi connectivity index (χ0v) is 11.8. The summed E-state index contributed by atoms with van der Waals surface area (Å²) in [7, 11) is 0. The smallest absolute Gasteiger partial charge is 0.255 e. The summed E-state index contributed by atoms with van der Waals surface area (Å²) in [5.74, 6) is 0.0171. The molecule has 1 saturated carbocycles. The van der Waals surface area contributed by atoms with E-state index in [4.69, 9.17) is 0 Å². The third kappa shape index (κ3) is 2.74. The molecule has 18 heavy (non-hydrogen) atoms. The molecule has 100 valence electrons. The molecule has 2 N–H and O–H groups in total. The lowest BCUT2D eigenvalue weighted by Crippen LogP contribution is -2.39. The number of nitrogens with zero attached hydrogens (tertiary/aromatic N) is 1. The summed E-state index contributed by atoms with van der Waals surface area (Å²) in [5.41, 5.74) is 2.77. The van der Waals surface area contributed by atoms with Crippen LogP contribution in [0.4, 0.5) is 0 Å². The van der Waals surface area contributed by atoms with Crippen LogP contribution in [0.25, 0.3) is 0 Å². The van der Waals surface area contributed by atoms with Gasteiger partial charge >= 0.3 is 0 Å². The number of carbonyl (C=O) groups is 1. The minimum Gasteiger partial charge on any atom is -0.349 e. The summed E-state index contributed by atoms with van der Waals surface area (Å²) in [6, 6.07) is 0.319. The Labute approximate surface area is 109 Å². The lowest BCUT2D eigenvalue weighted by Gasteiger charge is -2.34. The minimum atomic E-state index is 0.0171. The summed E-state index contributed by atoms with van der Waals surface area (Å²) in [6.07, 6.45) is 4.52. The molecule has 1 aromatic rings. The second-order valence-corrected chi connectivity index (χ2v) is 6.22. The first-order chi connectivity index (χ1) is 8.39. The van der Waals surface area contributed by atoms with Crippen LogP contribution in [0.5, 0.6) is 0 Å². The van der Waals surface area contributed by atoms with Crippen molar-refractivity contribution < 1.29 is 4.79 Å². The van der Waals surface area contributed by atoms with Gasteiger partial charge < -0.3 is 5.32 Å². The monoisotopic (exact) mass is 249 g/mol. The summed E-state index contributed by atoms with van der Waals surface area (Å²) in [4.78, 5) is 12.2. The van der Waals surface area contributed by atoms with E-state index < -0.39 is 0 Å². The molecular formula is C14H23N3O. The van der Waals surface area contributed by atoms with Gasteiger partial charge in [0.2, 0.25) is 0 Å². The number of aryl methyl sites for hydroxylation is 2. The Bertz CT molecular complexity index is 418. The highest BCUT2D eigenvalue weighted by molar-refractivity contribution is 5.96. The molecule has 4 nitrogen and oxygen atoms in total. The van der Waals surface area contributed by atoms with E-state index in [2.05, 4.69) is 29.4 Å². The number of rotatable bonds is 2. The minimum absolute atomic E-state index is 0.0171. The highest BCUT2D eigenvalue weighted by atomic mass is 16.1. The van der Waals surface area contributed by atoms with Gasteiger partial charge in [0.15, 0.2) is 0 Å². The quantitative estimate of drug-likeness (QED) is 0.846. The molecule has 1 fully saturated rings. The first-order valence-electron chi connectivity index (χ1n) is 6.71. The summed E-state index contributed by atoms with van der Waals surface area (Å²) in [6.45, 7) is 8.35. The van der Waals surface area contributed by atoms with E-state index in [1.54, 1.807) is 0 Å². The van der Waals surface area contributed by atoms with Gasteiger partial charge in [-0.2, -0.15) is 5.10 Å². The largest absolute Gasteiger partial charge is 0.349 e. The third-order valence-electron chi connectivity index (χ3n) is 4.03. The number of aromatic amines is 1. The molecule has 0 spiro atoms. The fourth-order valence-corrected chi connectivity index (χ4v) is 2.69. The van der Waals surface area contributed by atoms with Crippen LogP contribution in [0.1, 0.15) is 61.3 Å². The molecule has 0 saturated heterocycles. The molecule has 2 rings (SSSR count). The number of hydrogen-bond donors (Lipinski definition) is 2. The SMILES string of the molecule is Cc1n[nH]c(C)c1C(=O)NC1CCC(C)(C)CC1. The van der Waals surface area contributed by atoms with Crippen molar-refractivity contribution in [1.29, 1.82) is 0 Å². The maximum absolute atomic E-state index is 12.2. The van der Waals surface area contributed by atoms with Crippen LogP contribution < -0.4 is 5.32 Å². The molecule has 0 aromatic carbocycles. The van der Waals surface area contributed by atoms with Crippen molar-refractivity contribution in [3.63, 3.8) is 0 Å². The normalized spacial score (nSPS) is 19.8. The maximum Gasteiger partial charge on any atom is 0.255 e. The number of aromatic nitrogens is 2. The van der Waals surface area contributed by atoms with Crippen molar-refractivity contribution in [2.45, 2.75) is 59.4 Å². The summed E-state index contributed by atoms with van der Waals surface area (Å²) in [5, 5.41) is 10.1. The topological polar surface area (TPSA) is 57.8 Å². The maximum atomic E-state index is 12.2. The molecule has 0 radical (unpaired) electrons. The first-order valence-corrected chi connectivity index (χ1v) is 6.71. The van der Waals surface area contributed by atoms with Crippen LogP contribution in [0.15, 0.2) is 0 Å². The van der Waals surface area contributed by atoms with Crippen LogP contribution in [-0.2, 0) is 0 Å². The van der Waals surface area contributed by atoms with E-state index in [9.17, 15) is 4.79 Å². The molecule has 4 heteroatoms. The molecule has 1 aliphatic rings. The molecular weight excluding hydrogens is 226 g/mol. The van der Waals surface area contributed by atoms with Gasteiger partial charge in [0.05, 0.1) is 11.3 Å². The van der Waals surface area contributed by atoms with Gasteiger partial charge in [-0.25, -0.2) is 0 Å². The highest BCUT2D eigenvalue weighted by Crippen LogP contribution is 2.35. The molecule has 1 aromatic heterocycles. The van der Waals surface area contributed by atoms with Gasteiger partial charge in [0.25, 0.3) is 5.91 Å². The summed E-state index contributed by atoms with van der Waals surface area (Å²) >= 11 is 0. The second kappa shape index (κ2) is 4.75. The van der Waals surface area contributed by atoms with Crippen molar-refractivity contribution in [2.75, 3.05) is 0 Å². The lowest BCUT2D eigenvalue weighted by molar-refractivity contribution is 0.0908. The van der Waals surface area contributed by atoms with Crippen LogP contribution in [-0.4, -0.2) is 22.1 Å². The number of amides is 1. The van der Waals surface area contributed by atoms with Gasteiger partial charge in [-0.05, 0) is 44.9 Å². The Hall–Kier alpha value is -1.32. The Morgan fingerprint density at radius 1 is 1.33 bits per heavy atom. The van der Waals surface area contributed by atoms with Crippen molar-refractivity contribution >= 4 is 5.91 Å². The van der Waals surface area contributed by atoms with Crippen LogP contribution >= 0.6 is 0 Å². The fraction of sp³-hybridized carbons (Fsp3) is 0.714. The van der Waals surface area contributed by atoms with Gasteiger partial charge in [-0.15, -0.1) is 0 Å². The van der Waals surface area contributed by atoms with Crippen molar-refractivity contribution in [3.8, 4) is 0 Å². The molecule has 0 atom stereocenters. The van der Waals surface area contributed by atoms with E-state index in [-0.39, 0.29) is 5.91 Å². The fourth-order valence-electron chi connectivity index (χ4n) is 2.69. The molecule has 1 aliphatic carbocycles. The van der Waals surface area contributed by atoms with Crippen molar-refractivity contribution in [2.24, 2.45) is 5.41 Å². The predicted octanol–water partition coefficient (Wildman–Crippen LogP) is 2.73. The molecule has 0 unspecified atom stereocenters. The van der Waals surface area contributed by atoms with Crippen LogP contribution in [0, 0.1) is 19.3 Å². The predicted molar refractivity (Wildman–Crippen MR) is 71.6 cm³/mol. The molecule has 0 aliphatic heterocycles. The highest BCUT2D eigenvalue weighted by Gasteiger charge is 2.28. The Kier molecular flexibility index (Phi) is 3.46. The zero-order valence-electron chi connectivity index (χ0n) is 11.8. The van der Waals surface area contributed by atoms with Gasteiger partial charge in [0.1, 0.15) is 0 Å². The molecule has 0 bridgehead atoms. The standard InChI is InChI=1S/C14H23N3O/c1-9-12(10(2)17-16-9)13(18)15-11-5-7-14(3,4)8-6-11/h11H,5-8H2,1-4H3,(H,15,18)(H,16,17). The average Bonchev–Trinajstić information content (AvgIpc) is 2.62. The van der Waals surface area contributed by atoms with Crippen LogP contribution in [0.2, 0.25) is 0 Å². The number of carbonyl (C=O) groups excluding carboxylic acids is 1. The van der Waals surface area contributed by atoms with Crippen molar-refractivity contribution in [3.05, 3.63) is 17.0 Å². The van der Waals surface area contributed by atoms with E-state index in [0.29, 0.717) is 17.0 Å². The second-order valence-electron chi connectivity index (χ2n) is 6.22. The summed E-state index contributed by atoms with van der Waals surface area (Å²) < 4.78 is 0. The van der Waals surface area contributed by atoms with E-state index in [1.807, 2.05) is 13.8 Å². The number of H-pyrrole nitrogens is 1. The van der Waals surface area contributed by atoms with E-state index >= 15 is 0 Å².